The van der Waals surface area contributed by atoms with Crippen molar-refractivity contribution in [1.82, 2.24) is 10.3 Å². The van der Waals surface area contributed by atoms with Crippen LogP contribution in [-0.4, -0.2) is 23.3 Å². The van der Waals surface area contributed by atoms with E-state index in [4.69, 9.17) is 0 Å². The van der Waals surface area contributed by atoms with E-state index in [1.54, 1.807) is 6.92 Å². The van der Waals surface area contributed by atoms with E-state index in [-0.39, 0.29) is 11.4 Å². The molecule has 0 bridgehead atoms. The maximum absolute atomic E-state index is 12.1. The first-order valence-electron chi connectivity index (χ1n) is 5.97. The summed E-state index contributed by atoms with van der Waals surface area (Å²) < 4.78 is 40.9. The average Bonchev–Trinajstić information content (AvgIpc) is 2.21. The van der Waals surface area contributed by atoms with Crippen LogP contribution in [0.2, 0.25) is 0 Å². The lowest BCUT2D eigenvalue weighted by molar-refractivity contribution is -0.154. The normalized spacial score (nSPS) is 12.6. The Balaban J connectivity index is 2.71. The van der Waals surface area contributed by atoms with Gasteiger partial charge in [0.2, 0.25) is 5.88 Å². The Morgan fingerprint density at radius 2 is 1.84 bits per heavy atom. The molecule has 1 heterocycles. The van der Waals surface area contributed by atoms with Gasteiger partial charge in [0, 0.05) is 23.8 Å². The van der Waals surface area contributed by atoms with E-state index < -0.39 is 12.8 Å². The maximum Gasteiger partial charge on any atom is 0.422 e. The Hall–Kier alpha value is -1.30. The van der Waals surface area contributed by atoms with Crippen molar-refractivity contribution >= 4 is 0 Å². The topological polar surface area (TPSA) is 34.1 Å². The fourth-order valence-corrected chi connectivity index (χ4v) is 1.41. The molecule has 0 spiro atoms. The first-order valence-corrected chi connectivity index (χ1v) is 5.97. The van der Waals surface area contributed by atoms with Gasteiger partial charge < -0.3 is 10.1 Å². The summed E-state index contributed by atoms with van der Waals surface area (Å²) in [6.07, 6.45) is -4.35. The van der Waals surface area contributed by atoms with Gasteiger partial charge in [-0.15, -0.1) is 0 Å². The SMILES string of the molecule is Cc1cc(CNC(C)(C)C)cc(OCC(F)(F)F)n1. The van der Waals surface area contributed by atoms with Gasteiger partial charge in [0.05, 0.1) is 0 Å². The summed E-state index contributed by atoms with van der Waals surface area (Å²) in [4.78, 5) is 3.93. The van der Waals surface area contributed by atoms with Crippen LogP contribution < -0.4 is 10.1 Å². The van der Waals surface area contributed by atoms with Crippen LogP contribution in [0.25, 0.3) is 0 Å². The number of rotatable bonds is 4. The Bertz CT molecular complexity index is 389. The molecule has 1 aromatic heterocycles. The van der Waals surface area contributed by atoms with Crippen LogP contribution in [0.15, 0.2) is 12.1 Å². The average molecular weight is 276 g/mol. The van der Waals surface area contributed by atoms with Crippen LogP contribution >= 0.6 is 0 Å². The summed E-state index contributed by atoms with van der Waals surface area (Å²) in [5, 5.41) is 3.26. The predicted octanol–water partition coefficient (Wildman–Crippen LogP) is 3.22. The molecular formula is C13H19F3N2O. The lowest BCUT2D eigenvalue weighted by atomic mass is 10.1. The minimum atomic E-state index is -4.35. The Morgan fingerprint density at radius 1 is 1.21 bits per heavy atom. The second kappa shape index (κ2) is 5.77. The van der Waals surface area contributed by atoms with Crippen molar-refractivity contribution in [2.75, 3.05) is 6.61 Å². The van der Waals surface area contributed by atoms with Gasteiger partial charge in [-0.1, -0.05) is 0 Å². The summed E-state index contributed by atoms with van der Waals surface area (Å²) >= 11 is 0. The van der Waals surface area contributed by atoms with Gasteiger partial charge in [-0.05, 0) is 39.3 Å². The Morgan fingerprint density at radius 3 is 2.37 bits per heavy atom. The molecule has 0 unspecified atom stereocenters. The number of pyridine rings is 1. The molecule has 0 aliphatic rings. The molecular weight excluding hydrogens is 257 g/mol. The Labute approximate surface area is 111 Å². The molecule has 1 N–H and O–H groups in total. The number of alkyl halides is 3. The summed E-state index contributed by atoms with van der Waals surface area (Å²) in [7, 11) is 0. The number of nitrogens with zero attached hydrogens (tertiary/aromatic N) is 1. The number of hydrogen-bond donors (Lipinski definition) is 1. The zero-order valence-corrected chi connectivity index (χ0v) is 11.6. The fraction of sp³-hybridized carbons (Fsp3) is 0.615. The number of aromatic nitrogens is 1. The monoisotopic (exact) mass is 276 g/mol. The molecule has 0 aromatic carbocycles. The fourth-order valence-electron chi connectivity index (χ4n) is 1.41. The highest BCUT2D eigenvalue weighted by molar-refractivity contribution is 5.24. The van der Waals surface area contributed by atoms with Crippen molar-refractivity contribution in [3.63, 3.8) is 0 Å². The van der Waals surface area contributed by atoms with Crippen molar-refractivity contribution in [3.8, 4) is 5.88 Å². The van der Waals surface area contributed by atoms with Crippen molar-refractivity contribution in [1.29, 1.82) is 0 Å². The second-order valence-corrected chi connectivity index (χ2v) is 5.46. The van der Waals surface area contributed by atoms with E-state index in [1.807, 2.05) is 26.8 Å². The number of ether oxygens (including phenoxy) is 1. The highest BCUT2D eigenvalue weighted by Crippen LogP contribution is 2.18. The van der Waals surface area contributed by atoms with Crippen LogP contribution in [0.1, 0.15) is 32.0 Å². The summed E-state index contributed by atoms with van der Waals surface area (Å²) in [6, 6.07) is 3.34. The number of hydrogen-bond acceptors (Lipinski definition) is 3. The second-order valence-electron chi connectivity index (χ2n) is 5.46. The van der Waals surface area contributed by atoms with E-state index in [9.17, 15) is 13.2 Å². The molecule has 0 atom stereocenters. The van der Waals surface area contributed by atoms with Crippen molar-refractivity contribution in [2.24, 2.45) is 0 Å². The standard InChI is InChI=1S/C13H19F3N2O/c1-9-5-10(7-17-12(2,3)4)6-11(18-9)19-8-13(14,15)16/h5-6,17H,7-8H2,1-4H3. The number of halogens is 3. The molecule has 0 amide bonds. The van der Waals surface area contributed by atoms with Gasteiger partial charge in [-0.2, -0.15) is 13.2 Å². The lowest BCUT2D eigenvalue weighted by Gasteiger charge is -2.21. The molecule has 0 aliphatic carbocycles. The molecule has 0 fully saturated rings. The van der Waals surface area contributed by atoms with Crippen molar-refractivity contribution in [2.45, 2.75) is 46.0 Å². The molecule has 19 heavy (non-hydrogen) atoms. The summed E-state index contributed by atoms with van der Waals surface area (Å²) in [5.74, 6) is 0.00281. The minimum absolute atomic E-state index is 0.00281. The van der Waals surface area contributed by atoms with E-state index in [1.165, 1.54) is 6.07 Å². The summed E-state index contributed by atoms with van der Waals surface area (Å²) in [5.41, 5.74) is 1.41. The quantitative estimate of drug-likeness (QED) is 0.917. The van der Waals surface area contributed by atoms with Crippen LogP contribution in [0.5, 0.6) is 5.88 Å². The van der Waals surface area contributed by atoms with Gasteiger partial charge in [0.15, 0.2) is 6.61 Å². The third kappa shape index (κ3) is 7.00. The first kappa shape index (κ1) is 15.8. The maximum atomic E-state index is 12.1. The van der Waals surface area contributed by atoms with Crippen LogP contribution in [-0.2, 0) is 6.54 Å². The molecule has 0 saturated heterocycles. The third-order valence-corrected chi connectivity index (χ3v) is 2.20. The number of nitrogens with one attached hydrogen (secondary N) is 1. The highest BCUT2D eigenvalue weighted by atomic mass is 19.4. The molecule has 3 nitrogen and oxygen atoms in total. The molecule has 1 rings (SSSR count). The molecule has 6 heteroatoms. The van der Waals surface area contributed by atoms with Crippen molar-refractivity contribution < 1.29 is 17.9 Å². The van der Waals surface area contributed by atoms with E-state index in [0.717, 1.165) is 5.56 Å². The molecule has 0 saturated carbocycles. The minimum Gasteiger partial charge on any atom is -0.468 e. The smallest absolute Gasteiger partial charge is 0.422 e. The largest absolute Gasteiger partial charge is 0.468 e. The third-order valence-electron chi connectivity index (χ3n) is 2.20. The first-order chi connectivity index (χ1) is 8.55. The lowest BCUT2D eigenvalue weighted by Crippen LogP contribution is -2.35. The van der Waals surface area contributed by atoms with Gasteiger partial charge in [-0.25, -0.2) is 4.98 Å². The highest BCUT2D eigenvalue weighted by Gasteiger charge is 2.28. The van der Waals surface area contributed by atoms with Crippen LogP contribution in [0, 0.1) is 6.92 Å². The van der Waals surface area contributed by atoms with Crippen LogP contribution in [0.3, 0.4) is 0 Å². The molecule has 1 aromatic rings. The van der Waals surface area contributed by atoms with Gasteiger partial charge >= 0.3 is 6.18 Å². The zero-order chi connectivity index (χ0) is 14.7. The summed E-state index contributed by atoms with van der Waals surface area (Å²) in [6.45, 7) is 7.00. The Kier molecular flexibility index (Phi) is 4.79. The van der Waals surface area contributed by atoms with Crippen molar-refractivity contribution in [3.05, 3.63) is 23.4 Å². The van der Waals surface area contributed by atoms with Gasteiger partial charge in [0.25, 0.3) is 0 Å². The van der Waals surface area contributed by atoms with Gasteiger partial charge in [0.1, 0.15) is 0 Å². The number of aryl methyl sites for hydroxylation is 1. The van der Waals surface area contributed by atoms with Crippen LogP contribution in [0.4, 0.5) is 13.2 Å². The van der Waals surface area contributed by atoms with E-state index in [2.05, 4.69) is 15.0 Å². The van der Waals surface area contributed by atoms with Gasteiger partial charge in [-0.3, -0.25) is 0 Å². The molecule has 108 valence electrons. The molecule has 0 aliphatic heterocycles. The van der Waals surface area contributed by atoms with E-state index in [0.29, 0.717) is 12.2 Å². The van der Waals surface area contributed by atoms with E-state index >= 15 is 0 Å². The predicted molar refractivity (Wildman–Crippen MR) is 67.1 cm³/mol. The molecule has 0 radical (unpaired) electrons. The zero-order valence-electron chi connectivity index (χ0n) is 11.6.